The maximum atomic E-state index is 12.7. The Kier molecular flexibility index (Phi) is 7.20. The van der Waals surface area contributed by atoms with Gasteiger partial charge in [0.25, 0.3) is 5.91 Å². The second-order valence-corrected chi connectivity index (χ2v) is 9.11. The number of benzene rings is 2. The quantitative estimate of drug-likeness (QED) is 0.673. The minimum Gasteiger partial charge on any atom is -0.350 e. The first-order chi connectivity index (χ1) is 14.4. The molecular weight excluding hydrogens is 404 g/mol. The third-order valence-electron chi connectivity index (χ3n) is 4.96. The van der Waals surface area contributed by atoms with E-state index in [1.807, 2.05) is 13.1 Å². The molecule has 0 spiro atoms. The summed E-state index contributed by atoms with van der Waals surface area (Å²) in [6, 6.07) is 15.2. The molecule has 3 rings (SSSR count). The van der Waals surface area contributed by atoms with Gasteiger partial charge < -0.3 is 15.5 Å². The molecule has 1 aliphatic rings. The van der Waals surface area contributed by atoms with E-state index in [9.17, 15) is 18.0 Å². The molecule has 0 aromatic heterocycles. The Morgan fingerprint density at radius 1 is 0.900 bits per heavy atom. The number of carbonyl (C=O) groups is 2. The van der Waals surface area contributed by atoms with Crippen LogP contribution in [0.3, 0.4) is 0 Å². The van der Waals surface area contributed by atoms with Gasteiger partial charge in [0.2, 0.25) is 15.9 Å². The summed E-state index contributed by atoms with van der Waals surface area (Å²) in [4.78, 5) is 26.3. The fourth-order valence-electron chi connectivity index (χ4n) is 3.07. The molecule has 2 N–H and O–H groups in total. The molecule has 1 fully saturated rings. The molecule has 8 nitrogen and oxygen atoms in total. The van der Waals surface area contributed by atoms with Crippen molar-refractivity contribution < 1.29 is 18.0 Å². The van der Waals surface area contributed by atoms with Crippen LogP contribution in [0.25, 0.3) is 0 Å². The molecule has 9 heteroatoms. The van der Waals surface area contributed by atoms with Crippen molar-refractivity contribution in [2.24, 2.45) is 0 Å². The lowest BCUT2D eigenvalue weighted by Gasteiger charge is -2.31. The zero-order valence-electron chi connectivity index (χ0n) is 16.9. The number of likely N-dealkylation sites (N-methyl/N-ethyl adjacent to an activating group) is 1. The van der Waals surface area contributed by atoms with Crippen LogP contribution in [0.15, 0.2) is 59.5 Å². The smallest absolute Gasteiger partial charge is 0.251 e. The lowest BCUT2D eigenvalue weighted by molar-refractivity contribution is -0.120. The van der Waals surface area contributed by atoms with Crippen molar-refractivity contribution in [2.75, 3.05) is 39.8 Å². The molecule has 0 saturated carbocycles. The molecule has 160 valence electrons. The van der Waals surface area contributed by atoms with Crippen molar-refractivity contribution >= 4 is 21.8 Å². The summed E-state index contributed by atoms with van der Waals surface area (Å²) >= 11 is 0. The third-order valence-corrected chi connectivity index (χ3v) is 6.87. The van der Waals surface area contributed by atoms with E-state index < -0.39 is 10.0 Å². The van der Waals surface area contributed by atoms with Gasteiger partial charge in [-0.2, -0.15) is 4.31 Å². The van der Waals surface area contributed by atoms with Gasteiger partial charge in [-0.05, 0) is 36.9 Å². The molecule has 1 aliphatic heterocycles. The van der Waals surface area contributed by atoms with Crippen molar-refractivity contribution in [3.8, 4) is 0 Å². The molecule has 2 aromatic rings. The van der Waals surface area contributed by atoms with Crippen LogP contribution in [-0.2, 0) is 21.4 Å². The monoisotopic (exact) mass is 430 g/mol. The van der Waals surface area contributed by atoms with Gasteiger partial charge in [0.05, 0.1) is 11.4 Å². The summed E-state index contributed by atoms with van der Waals surface area (Å²) in [5, 5.41) is 5.28. The van der Waals surface area contributed by atoms with Gasteiger partial charge in [-0.3, -0.25) is 9.59 Å². The molecule has 2 aromatic carbocycles. The number of nitrogens with zero attached hydrogens (tertiary/aromatic N) is 2. The number of piperazine rings is 1. The number of sulfonamides is 1. The summed E-state index contributed by atoms with van der Waals surface area (Å²) in [5.74, 6) is -0.641. The average molecular weight is 431 g/mol. The second kappa shape index (κ2) is 9.84. The third kappa shape index (κ3) is 5.65. The molecule has 1 heterocycles. The maximum absolute atomic E-state index is 12.7. The number of carbonyl (C=O) groups excluding carboxylic acids is 2. The van der Waals surface area contributed by atoms with Gasteiger partial charge in [-0.15, -0.1) is 0 Å². The van der Waals surface area contributed by atoms with E-state index in [-0.39, 0.29) is 29.8 Å². The van der Waals surface area contributed by atoms with E-state index >= 15 is 0 Å². The molecule has 0 aliphatic carbocycles. The van der Waals surface area contributed by atoms with Crippen molar-refractivity contribution in [1.29, 1.82) is 0 Å². The van der Waals surface area contributed by atoms with E-state index in [2.05, 4.69) is 15.5 Å². The predicted octanol–water partition coefficient (Wildman–Crippen LogP) is 0.669. The maximum Gasteiger partial charge on any atom is 0.251 e. The van der Waals surface area contributed by atoms with Gasteiger partial charge in [0.15, 0.2) is 0 Å². The highest BCUT2D eigenvalue weighted by Gasteiger charge is 2.27. The van der Waals surface area contributed by atoms with Crippen molar-refractivity contribution in [3.05, 3.63) is 65.7 Å². The largest absolute Gasteiger partial charge is 0.350 e. The Bertz CT molecular complexity index is 970. The summed E-state index contributed by atoms with van der Waals surface area (Å²) in [5.41, 5.74) is 1.26. The zero-order valence-corrected chi connectivity index (χ0v) is 17.7. The lowest BCUT2D eigenvalue weighted by atomic mass is 10.2. The van der Waals surface area contributed by atoms with Crippen molar-refractivity contribution in [2.45, 2.75) is 11.4 Å². The number of nitrogens with one attached hydrogen (secondary N) is 2. The molecule has 30 heavy (non-hydrogen) atoms. The van der Waals surface area contributed by atoms with Crippen LogP contribution in [0.1, 0.15) is 15.9 Å². The van der Waals surface area contributed by atoms with Crippen molar-refractivity contribution in [1.82, 2.24) is 19.8 Å². The average Bonchev–Trinajstić information content (AvgIpc) is 2.77. The van der Waals surface area contributed by atoms with Gasteiger partial charge in [-0.25, -0.2) is 8.42 Å². The Morgan fingerprint density at radius 2 is 1.53 bits per heavy atom. The molecule has 0 atom stereocenters. The standard InChI is InChI=1S/C21H26N4O4S/c1-24-11-13-25(14-12-24)30(28,29)19-9-7-17(8-10-19)15-22-20(26)16-23-21(27)18-5-3-2-4-6-18/h2-10H,11-16H2,1H3,(H,22,26)(H,23,27). The number of rotatable bonds is 7. The molecule has 1 saturated heterocycles. The Morgan fingerprint density at radius 3 is 2.17 bits per heavy atom. The number of amides is 2. The zero-order chi connectivity index (χ0) is 21.6. The Balaban J connectivity index is 1.48. The van der Waals surface area contributed by atoms with E-state index in [0.717, 1.165) is 5.56 Å². The normalized spacial score (nSPS) is 15.5. The fourth-order valence-corrected chi connectivity index (χ4v) is 4.49. The highest BCUT2D eigenvalue weighted by molar-refractivity contribution is 7.89. The molecule has 0 radical (unpaired) electrons. The Labute approximate surface area is 176 Å². The van der Waals surface area contributed by atoms with E-state index in [1.54, 1.807) is 48.5 Å². The second-order valence-electron chi connectivity index (χ2n) is 7.18. The minimum absolute atomic E-state index is 0.135. The first-order valence-electron chi connectivity index (χ1n) is 9.74. The topological polar surface area (TPSA) is 98.8 Å². The van der Waals surface area contributed by atoms with Crippen LogP contribution in [0.4, 0.5) is 0 Å². The van der Waals surface area contributed by atoms with Crippen LogP contribution in [0, 0.1) is 0 Å². The van der Waals surface area contributed by atoms with Crippen molar-refractivity contribution in [3.63, 3.8) is 0 Å². The van der Waals surface area contributed by atoms with Crippen LogP contribution in [0.5, 0.6) is 0 Å². The van der Waals surface area contributed by atoms with Gasteiger partial charge in [0.1, 0.15) is 0 Å². The summed E-state index contributed by atoms with van der Waals surface area (Å²) in [6.07, 6.45) is 0. The molecule has 0 unspecified atom stereocenters. The van der Waals surface area contributed by atoms with Crippen LogP contribution in [-0.4, -0.2) is 69.2 Å². The first-order valence-corrected chi connectivity index (χ1v) is 11.2. The predicted molar refractivity (Wildman–Crippen MR) is 113 cm³/mol. The van der Waals surface area contributed by atoms with E-state index in [1.165, 1.54) is 4.31 Å². The number of hydrogen-bond donors (Lipinski definition) is 2. The highest BCUT2D eigenvalue weighted by Crippen LogP contribution is 2.18. The van der Waals surface area contributed by atoms with Crippen LogP contribution < -0.4 is 10.6 Å². The summed E-state index contributed by atoms with van der Waals surface area (Å²) in [7, 11) is -1.53. The molecule has 2 amide bonds. The Hall–Kier alpha value is -2.75. The minimum atomic E-state index is -3.51. The summed E-state index contributed by atoms with van der Waals surface area (Å²) < 4.78 is 27.0. The van der Waals surface area contributed by atoms with Gasteiger partial charge in [-0.1, -0.05) is 30.3 Å². The first kappa shape index (κ1) is 21.9. The van der Waals surface area contributed by atoms with Crippen LogP contribution in [0.2, 0.25) is 0 Å². The summed E-state index contributed by atoms with van der Waals surface area (Å²) in [6.45, 7) is 2.49. The number of hydrogen-bond acceptors (Lipinski definition) is 5. The highest BCUT2D eigenvalue weighted by atomic mass is 32.2. The van der Waals surface area contributed by atoms with E-state index in [4.69, 9.17) is 0 Å². The fraction of sp³-hybridized carbons (Fsp3) is 0.333. The molecular formula is C21H26N4O4S. The van der Waals surface area contributed by atoms with E-state index in [0.29, 0.717) is 31.7 Å². The SMILES string of the molecule is CN1CCN(S(=O)(=O)c2ccc(CNC(=O)CNC(=O)c3ccccc3)cc2)CC1. The van der Waals surface area contributed by atoms with Gasteiger partial charge >= 0.3 is 0 Å². The van der Waals surface area contributed by atoms with Gasteiger partial charge in [0, 0.05) is 38.3 Å². The lowest BCUT2D eigenvalue weighted by Crippen LogP contribution is -2.47. The van der Waals surface area contributed by atoms with Crippen LogP contribution >= 0.6 is 0 Å². The molecule has 0 bridgehead atoms.